The first-order valence-electron chi connectivity index (χ1n) is 10.2. The average molecular weight is 394 g/mol. The Morgan fingerprint density at radius 2 is 1.66 bits per heavy atom. The predicted molar refractivity (Wildman–Crippen MR) is 108 cm³/mol. The summed E-state index contributed by atoms with van der Waals surface area (Å²) in [4.78, 5) is 22.9. The molecule has 0 amide bonds. The number of benzene rings is 2. The van der Waals surface area contributed by atoms with E-state index in [1.54, 1.807) is 0 Å². The van der Waals surface area contributed by atoms with Crippen LogP contribution in [0.25, 0.3) is 0 Å². The van der Waals surface area contributed by atoms with Crippen molar-refractivity contribution >= 4 is 11.8 Å². The third kappa shape index (κ3) is 4.35. The predicted octanol–water partition coefficient (Wildman–Crippen LogP) is 5.09. The molecule has 1 saturated carbocycles. The molecule has 3 aliphatic rings. The second-order valence-electron chi connectivity index (χ2n) is 8.34. The Kier molecular flexibility index (Phi) is 5.41. The fourth-order valence-corrected chi connectivity index (χ4v) is 4.58. The van der Waals surface area contributed by atoms with Crippen LogP contribution in [0.1, 0.15) is 50.5 Å². The number of hydrogen-bond donors (Lipinski definition) is 1. The van der Waals surface area contributed by atoms with E-state index in [4.69, 9.17) is 14.6 Å². The number of ether oxygens (including phenoxy) is 2. The summed E-state index contributed by atoms with van der Waals surface area (Å²) >= 11 is 0. The Labute approximate surface area is 170 Å². The van der Waals surface area contributed by atoms with Crippen LogP contribution >= 0.6 is 0 Å². The zero-order valence-electron chi connectivity index (χ0n) is 16.4. The first kappa shape index (κ1) is 19.6. The number of fused-ring (bicyclic) bond motifs is 3. The molecule has 3 fully saturated rings. The summed E-state index contributed by atoms with van der Waals surface area (Å²) in [6.07, 6.45) is 4.04. The SMILES string of the molecule is O=C(O)CCC(=O)CC12CCC(c3cccc(Oc4ccccc4)c3)(CC1)OC2. The molecular weight excluding hydrogens is 368 g/mol. The van der Waals surface area contributed by atoms with Gasteiger partial charge in [-0.25, -0.2) is 0 Å². The maximum atomic E-state index is 12.2. The van der Waals surface area contributed by atoms with Gasteiger partial charge in [0.2, 0.25) is 0 Å². The number of carboxylic acid groups (broad SMARTS) is 1. The number of rotatable bonds is 8. The third-order valence-corrected chi connectivity index (χ3v) is 6.30. The van der Waals surface area contributed by atoms with Gasteiger partial charge in [-0.15, -0.1) is 0 Å². The molecule has 5 rings (SSSR count). The van der Waals surface area contributed by atoms with E-state index in [2.05, 4.69) is 12.1 Å². The van der Waals surface area contributed by atoms with Crippen LogP contribution < -0.4 is 4.74 Å². The molecule has 2 aromatic rings. The molecule has 5 heteroatoms. The van der Waals surface area contributed by atoms with Gasteiger partial charge < -0.3 is 14.6 Å². The van der Waals surface area contributed by atoms with E-state index in [-0.39, 0.29) is 29.6 Å². The smallest absolute Gasteiger partial charge is 0.303 e. The van der Waals surface area contributed by atoms with E-state index < -0.39 is 5.97 Å². The van der Waals surface area contributed by atoms with Crippen molar-refractivity contribution in [3.63, 3.8) is 0 Å². The molecule has 2 aromatic carbocycles. The van der Waals surface area contributed by atoms with Gasteiger partial charge in [0.15, 0.2) is 0 Å². The number of carboxylic acids is 1. The summed E-state index contributed by atoms with van der Waals surface area (Å²) in [5.74, 6) is 0.701. The molecule has 29 heavy (non-hydrogen) atoms. The molecule has 5 nitrogen and oxygen atoms in total. The van der Waals surface area contributed by atoms with Crippen LogP contribution in [0.2, 0.25) is 0 Å². The van der Waals surface area contributed by atoms with E-state index >= 15 is 0 Å². The highest BCUT2D eigenvalue weighted by atomic mass is 16.5. The highest BCUT2D eigenvalue weighted by Crippen LogP contribution is 2.55. The molecule has 152 valence electrons. The number of carbonyl (C=O) groups is 2. The summed E-state index contributed by atoms with van der Waals surface area (Å²) in [6, 6.07) is 17.8. The average Bonchev–Trinajstić information content (AvgIpc) is 2.74. The molecule has 0 unspecified atom stereocenters. The second kappa shape index (κ2) is 7.99. The molecule has 2 aliphatic heterocycles. The molecule has 1 aliphatic carbocycles. The van der Waals surface area contributed by atoms with Crippen molar-refractivity contribution in [2.24, 2.45) is 5.41 Å². The van der Waals surface area contributed by atoms with Gasteiger partial charge in [-0.2, -0.15) is 0 Å². The lowest BCUT2D eigenvalue weighted by atomic mass is 9.62. The molecule has 0 radical (unpaired) electrons. The van der Waals surface area contributed by atoms with Crippen molar-refractivity contribution in [3.05, 3.63) is 60.2 Å². The highest BCUT2D eigenvalue weighted by molar-refractivity contribution is 5.83. The summed E-state index contributed by atoms with van der Waals surface area (Å²) in [5, 5.41) is 8.79. The van der Waals surface area contributed by atoms with Crippen molar-refractivity contribution < 1.29 is 24.2 Å². The fraction of sp³-hybridized carbons (Fsp3) is 0.417. The first-order chi connectivity index (χ1) is 14.0. The zero-order valence-corrected chi connectivity index (χ0v) is 16.4. The third-order valence-electron chi connectivity index (χ3n) is 6.30. The van der Waals surface area contributed by atoms with Crippen LogP contribution in [-0.2, 0) is 19.9 Å². The van der Waals surface area contributed by atoms with Gasteiger partial charge in [0.05, 0.1) is 18.6 Å². The molecule has 1 N–H and O–H groups in total. The van der Waals surface area contributed by atoms with Gasteiger partial charge in [-0.05, 0) is 55.5 Å². The number of para-hydroxylation sites is 1. The van der Waals surface area contributed by atoms with Gasteiger partial charge >= 0.3 is 5.97 Å². The number of aliphatic carboxylic acids is 1. The van der Waals surface area contributed by atoms with E-state index in [0.29, 0.717) is 13.0 Å². The van der Waals surface area contributed by atoms with Gasteiger partial charge in [-0.1, -0.05) is 30.3 Å². The van der Waals surface area contributed by atoms with E-state index in [1.165, 1.54) is 0 Å². The maximum Gasteiger partial charge on any atom is 0.303 e. The normalized spacial score (nSPS) is 25.5. The van der Waals surface area contributed by atoms with E-state index in [0.717, 1.165) is 42.7 Å². The quantitative estimate of drug-likeness (QED) is 0.675. The standard InChI is InChI=1S/C24H26O5/c25-19(9-10-22(26)27)16-23-11-13-24(14-12-23,28-17-23)18-5-4-8-21(15-18)29-20-6-2-1-3-7-20/h1-8,15H,9-14,16-17H2,(H,26,27). The van der Waals surface area contributed by atoms with Gasteiger partial charge in [-0.3, -0.25) is 9.59 Å². The lowest BCUT2D eigenvalue weighted by Crippen LogP contribution is -2.50. The Hall–Kier alpha value is -2.66. The number of ketones is 1. The van der Waals surface area contributed by atoms with Crippen LogP contribution in [0, 0.1) is 5.41 Å². The minimum absolute atomic E-state index is 0.0312. The summed E-state index contributed by atoms with van der Waals surface area (Å²) in [7, 11) is 0. The summed E-state index contributed by atoms with van der Waals surface area (Å²) in [6.45, 7) is 0.551. The Balaban J connectivity index is 1.42. The van der Waals surface area contributed by atoms with Gasteiger partial charge in [0.25, 0.3) is 0 Å². The second-order valence-corrected chi connectivity index (χ2v) is 8.34. The van der Waals surface area contributed by atoms with Crippen molar-refractivity contribution in [1.29, 1.82) is 0 Å². The molecule has 0 aromatic heterocycles. The van der Waals surface area contributed by atoms with E-state index in [1.807, 2.05) is 42.5 Å². The topological polar surface area (TPSA) is 72.8 Å². The Morgan fingerprint density at radius 3 is 2.31 bits per heavy atom. The number of carbonyl (C=O) groups excluding carboxylic acids is 1. The van der Waals surface area contributed by atoms with Crippen molar-refractivity contribution in [2.45, 2.75) is 50.5 Å². The van der Waals surface area contributed by atoms with Crippen LogP contribution in [0.15, 0.2) is 54.6 Å². The first-order valence-corrected chi connectivity index (χ1v) is 10.2. The fourth-order valence-electron chi connectivity index (χ4n) is 4.58. The molecular formula is C24H26O5. The Morgan fingerprint density at radius 1 is 0.931 bits per heavy atom. The Bertz CT molecular complexity index is 865. The van der Waals surface area contributed by atoms with Crippen molar-refractivity contribution in [2.75, 3.05) is 6.61 Å². The van der Waals surface area contributed by atoms with Gasteiger partial charge in [0, 0.05) is 18.3 Å². The largest absolute Gasteiger partial charge is 0.481 e. The van der Waals surface area contributed by atoms with Crippen LogP contribution in [-0.4, -0.2) is 23.5 Å². The molecule has 2 saturated heterocycles. The lowest BCUT2D eigenvalue weighted by molar-refractivity contribution is -0.192. The van der Waals surface area contributed by atoms with Crippen LogP contribution in [0.4, 0.5) is 0 Å². The number of Topliss-reactive ketones (excluding diaryl/α,β-unsaturated/α-hetero) is 1. The van der Waals surface area contributed by atoms with Crippen molar-refractivity contribution in [3.8, 4) is 11.5 Å². The van der Waals surface area contributed by atoms with Gasteiger partial charge in [0.1, 0.15) is 17.3 Å². The van der Waals surface area contributed by atoms with Crippen LogP contribution in [0.5, 0.6) is 11.5 Å². The molecule has 2 heterocycles. The van der Waals surface area contributed by atoms with Crippen LogP contribution in [0.3, 0.4) is 0 Å². The maximum absolute atomic E-state index is 12.2. The molecule has 2 bridgehead atoms. The van der Waals surface area contributed by atoms with Crippen molar-refractivity contribution in [1.82, 2.24) is 0 Å². The lowest BCUT2D eigenvalue weighted by Gasteiger charge is -2.53. The summed E-state index contributed by atoms with van der Waals surface area (Å²) in [5.41, 5.74) is 0.675. The monoisotopic (exact) mass is 394 g/mol. The number of hydrogen-bond acceptors (Lipinski definition) is 4. The summed E-state index contributed by atoms with van der Waals surface area (Å²) < 4.78 is 12.3. The minimum Gasteiger partial charge on any atom is -0.481 e. The molecule has 0 atom stereocenters. The minimum atomic E-state index is -0.920. The molecule has 0 spiro atoms. The van der Waals surface area contributed by atoms with E-state index in [9.17, 15) is 9.59 Å². The zero-order chi connectivity index (χ0) is 20.3. The highest BCUT2D eigenvalue weighted by Gasteiger charge is 2.51.